The molecule has 1 aromatic rings. The van der Waals surface area contributed by atoms with E-state index >= 15 is 0 Å². The van der Waals surface area contributed by atoms with Crippen LogP contribution in [0.25, 0.3) is 0 Å². The lowest BCUT2D eigenvalue weighted by atomic mass is 9.74. The van der Waals surface area contributed by atoms with Gasteiger partial charge in [-0.2, -0.15) is 0 Å². The highest BCUT2D eigenvalue weighted by Crippen LogP contribution is 2.40. The van der Waals surface area contributed by atoms with Crippen LogP contribution in [0.5, 0.6) is 5.75 Å². The van der Waals surface area contributed by atoms with Crippen molar-refractivity contribution in [3.63, 3.8) is 0 Å². The summed E-state index contributed by atoms with van der Waals surface area (Å²) in [5, 5.41) is 0. The molecule has 0 amide bonds. The van der Waals surface area contributed by atoms with Crippen molar-refractivity contribution < 1.29 is 4.74 Å². The normalized spacial score (nSPS) is 13.4. The number of ether oxygens (including phenoxy) is 1. The van der Waals surface area contributed by atoms with Crippen molar-refractivity contribution in [1.82, 2.24) is 0 Å². The third-order valence-corrected chi connectivity index (χ3v) is 7.09. The van der Waals surface area contributed by atoms with Crippen molar-refractivity contribution in [3.05, 3.63) is 29.3 Å². The molecule has 1 aromatic carbocycles. The van der Waals surface area contributed by atoms with Crippen LogP contribution in [0, 0.1) is 0 Å². The molecule has 1 unspecified atom stereocenters. The summed E-state index contributed by atoms with van der Waals surface area (Å²) in [4.78, 5) is 0. The second-order valence-electron chi connectivity index (χ2n) is 11.2. The zero-order chi connectivity index (χ0) is 23.3. The average molecular weight is 431 g/mol. The van der Waals surface area contributed by atoms with E-state index in [2.05, 4.69) is 73.6 Å². The largest absolute Gasteiger partial charge is 0.490 e. The maximum absolute atomic E-state index is 6.58. The molecule has 1 nitrogen and oxygen atoms in total. The van der Waals surface area contributed by atoms with E-state index in [0.717, 1.165) is 12.2 Å². The number of rotatable bonds is 17. The summed E-state index contributed by atoms with van der Waals surface area (Å²) < 4.78 is 6.58. The van der Waals surface area contributed by atoms with E-state index in [0.29, 0.717) is 0 Å². The zero-order valence-corrected chi connectivity index (χ0v) is 22.4. The van der Waals surface area contributed by atoms with Crippen molar-refractivity contribution in [2.45, 2.75) is 156 Å². The number of benzene rings is 1. The molecule has 0 aliphatic heterocycles. The van der Waals surface area contributed by atoms with Gasteiger partial charge >= 0.3 is 0 Å². The first-order valence-corrected chi connectivity index (χ1v) is 13.5. The Hall–Kier alpha value is -0.980. The van der Waals surface area contributed by atoms with Crippen LogP contribution in [0.3, 0.4) is 0 Å². The van der Waals surface area contributed by atoms with E-state index in [1.54, 1.807) is 0 Å². The Balaban J connectivity index is 3.09. The average Bonchev–Trinajstić information content (AvgIpc) is 2.71. The van der Waals surface area contributed by atoms with Gasteiger partial charge in [-0.3, -0.25) is 0 Å². The molecule has 0 saturated heterocycles. The molecule has 0 N–H and O–H groups in total. The summed E-state index contributed by atoms with van der Waals surface area (Å²) in [6, 6.07) is 7.13. The molecule has 0 aliphatic carbocycles. The molecule has 31 heavy (non-hydrogen) atoms. The summed E-state index contributed by atoms with van der Waals surface area (Å²) in [6.07, 6.45) is 16.9. The first-order valence-electron chi connectivity index (χ1n) is 13.5. The Morgan fingerprint density at radius 3 is 1.84 bits per heavy atom. The quantitative estimate of drug-likeness (QED) is 0.223. The second kappa shape index (κ2) is 14.2. The zero-order valence-electron chi connectivity index (χ0n) is 22.4. The highest BCUT2D eigenvalue weighted by atomic mass is 16.5. The summed E-state index contributed by atoms with van der Waals surface area (Å²) in [5.41, 5.74) is 3.26. The van der Waals surface area contributed by atoms with E-state index in [1.165, 1.54) is 88.2 Å². The van der Waals surface area contributed by atoms with Crippen LogP contribution in [0.15, 0.2) is 18.2 Å². The van der Waals surface area contributed by atoms with Crippen LogP contribution < -0.4 is 4.74 Å². The molecule has 0 radical (unpaired) electrons. The monoisotopic (exact) mass is 430 g/mol. The molecule has 0 bridgehead atoms. The van der Waals surface area contributed by atoms with Gasteiger partial charge < -0.3 is 4.74 Å². The van der Waals surface area contributed by atoms with Gasteiger partial charge in [0.05, 0.1) is 6.10 Å². The lowest BCUT2D eigenvalue weighted by Crippen LogP contribution is -2.23. The molecule has 1 atom stereocenters. The van der Waals surface area contributed by atoms with Gasteiger partial charge in [0.25, 0.3) is 0 Å². The van der Waals surface area contributed by atoms with E-state index in [-0.39, 0.29) is 16.9 Å². The molecule has 0 heterocycles. The predicted octanol–water partition coefficient (Wildman–Crippen LogP) is 10.1. The minimum atomic E-state index is 0.141. The molecule has 0 saturated carbocycles. The molecule has 0 spiro atoms. The van der Waals surface area contributed by atoms with E-state index in [1.807, 2.05) is 0 Å². The van der Waals surface area contributed by atoms with Crippen molar-refractivity contribution in [2.75, 3.05) is 0 Å². The number of unbranched alkanes of at least 4 members (excludes halogenated alkanes) is 7. The second-order valence-corrected chi connectivity index (χ2v) is 11.2. The molecule has 0 aromatic heterocycles. The van der Waals surface area contributed by atoms with Crippen LogP contribution in [0.4, 0.5) is 0 Å². The maximum atomic E-state index is 6.58. The van der Waals surface area contributed by atoms with E-state index < -0.39 is 0 Å². The smallest absolute Gasteiger partial charge is 0.123 e. The molecule has 0 fully saturated rings. The summed E-state index contributed by atoms with van der Waals surface area (Å²) >= 11 is 0. The van der Waals surface area contributed by atoms with Crippen LogP contribution in [0.2, 0.25) is 0 Å². The van der Waals surface area contributed by atoms with E-state index in [4.69, 9.17) is 4.74 Å². The predicted molar refractivity (Wildman–Crippen MR) is 140 cm³/mol. The summed E-state index contributed by atoms with van der Waals surface area (Å²) in [6.45, 7) is 18.8. The molecule has 1 heteroatoms. The maximum Gasteiger partial charge on any atom is 0.123 e. The van der Waals surface area contributed by atoms with Crippen LogP contribution >= 0.6 is 0 Å². The lowest BCUT2D eigenvalue weighted by molar-refractivity contribution is 0.200. The van der Waals surface area contributed by atoms with Crippen LogP contribution in [0.1, 0.15) is 150 Å². The van der Waals surface area contributed by atoms with Gasteiger partial charge in [0.1, 0.15) is 5.75 Å². The fourth-order valence-corrected chi connectivity index (χ4v) is 4.63. The van der Waals surface area contributed by atoms with Gasteiger partial charge in [0.2, 0.25) is 0 Å². The molecular formula is C30H54O. The Morgan fingerprint density at radius 2 is 1.26 bits per heavy atom. The Bertz CT molecular complexity index is 598. The fraction of sp³-hybridized carbons (Fsp3) is 0.800. The summed E-state index contributed by atoms with van der Waals surface area (Å²) in [7, 11) is 0. The van der Waals surface area contributed by atoms with Crippen LogP contribution in [-0.4, -0.2) is 6.10 Å². The topological polar surface area (TPSA) is 9.23 Å². The minimum absolute atomic E-state index is 0.141. The Morgan fingerprint density at radius 1 is 0.710 bits per heavy atom. The van der Waals surface area contributed by atoms with Gasteiger partial charge in [-0.25, -0.2) is 0 Å². The van der Waals surface area contributed by atoms with Crippen molar-refractivity contribution in [2.24, 2.45) is 0 Å². The minimum Gasteiger partial charge on any atom is -0.490 e. The Labute approximate surface area is 195 Å². The van der Waals surface area contributed by atoms with E-state index in [9.17, 15) is 0 Å². The molecule has 0 aliphatic rings. The molecular weight excluding hydrogens is 376 g/mol. The van der Waals surface area contributed by atoms with Gasteiger partial charge in [0, 0.05) is 5.56 Å². The van der Waals surface area contributed by atoms with Gasteiger partial charge in [-0.05, 0) is 55.1 Å². The molecule has 180 valence electrons. The molecule has 1 rings (SSSR count). The highest BCUT2D eigenvalue weighted by Gasteiger charge is 2.28. The number of hydrogen-bond donors (Lipinski definition) is 0. The van der Waals surface area contributed by atoms with Gasteiger partial charge in [-0.15, -0.1) is 0 Å². The lowest BCUT2D eigenvalue weighted by Gasteiger charge is -2.32. The van der Waals surface area contributed by atoms with Crippen LogP contribution in [-0.2, 0) is 10.8 Å². The standard InChI is InChI=1S/C30H54O/c1-9-12-15-16-19-25(4)31-28-21-20-26(29(5,6)22-17-13-10-2)24-27(28)30(7,8)23-18-14-11-3/h20-21,24-25H,9-19,22-23H2,1-8H3. The third kappa shape index (κ3) is 10.0. The first kappa shape index (κ1) is 28.1. The third-order valence-electron chi connectivity index (χ3n) is 7.09. The first-order chi connectivity index (χ1) is 14.7. The van der Waals surface area contributed by atoms with Crippen molar-refractivity contribution in [1.29, 1.82) is 0 Å². The van der Waals surface area contributed by atoms with Crippen molar-refractivity contribution in [3.8, 4) is 5.75 Å². The van der Waals surface area contributed by atoms with Gasteiger partial charge in [0.15, 0.2) is 0 Å². The Kier molecular flexibility index (Phi) is 12.9. The SMILES string of the molecule is CCCCCCC(C)Oc1ccc(C(C)(C)CCCCC)cc1C(C)(C)CCCCC. The van der Waals surface area contributed by atoms with Gasteiger partial charge in [-0.1, -0.05) is 118 Å². The highest BCUT2D eigenvalue weighted by molar-refractivity contribution is 5.44. The fourth-order valence-electron chi connectivity index (χ4n) is 4.63. The number of hydrogen-bond acceptors (Lipinski definition) is 1. The summed E-state index contributed by atoms with van der Waals surface area (Å²) in [5.74, 6) is 1.12. The van der Waals surface area contributed by atoms with Crippen molar-refractivity contribution >= 4 is 0 Å².